The van der Waals surface area contributed by atoms with Gasteiger partial charge in [-0.15, -0.1) is 24.0 Å². The number of hydrogen-bond donors (Lipinski definition) is 2. The molecule has 2 heterocycles. The molecule has 0 aliphatic carbocycles. The second-order valence-corrected chi connectivity index (χ2v) is 6.19. The first-order valence-corrected chi connectivity index (χ1v) is 8.48. The first kappa shape index (κ1) is 21.0. The fourth-order valence-corrected chi connectivity index (χ4v) is 2.49. The van der Waals surface area contributed by atoms with Gasteiger partial charge in [-0.3, -0.25) is 4.99 Å². The Morgan fingerprint density at radius 1 is 1.33 bits per heavy atom. The Labute approximate surface area is 163 Å². The maximum Gasteiger partial charge on any atom is 0.191 e. The quantitative estimate of drug-likeness (QED) is 0.411. The summed E-state index contributed by atoms with van der Waals surface area (Å²) >= 11 is 0. The lowest BCUT2D eigenvalue weighted by Gasteiger charge is -2.33. The van der Waals surface area contributed by atoms with Crippen molar-refractivity contribution in [2.45, 2.75) is 32.9 Å². The lowest BCUT2D eigenvalue weighted by Crippen LogP contribution is -2.45. The third kappa shape index (κ3) is 6.43. The Kier molecular flexibility index (Phi) is 9.35. The topological polar surface area (TPSA) is 55.8 Å². The molecule has 1 aliphatic rings. The number of nitrogens with one attached hydrogen (secondary N) is 2. The van der Waals surface area contributed by atoms with Crippen LogP contribution in [0.3, 0.4) is 0 Å². The van der Waals surface area contributed by atoms with Gasteiger partial charge in [-0.2, -0.15) is 0 Å². The molecule has 0 amide bonds. The average molecular weight is 446 g/mol. The van der Waals surface area contributed by atoms with Gasteiger partial charge in [0.15, 0.2) is 5.96 Å². The number of nitrogens with zero attached hydrogens (tertiary/aromatic N) is 4. The van der Waals surface area contributed by atoms with Crippen LogP contribution in [0.15, 0.2) is 23.3 Å². The molecule has 1 aromatic heterocycles. The number of halogens is 1. The highest BCUT2D eigenvalue weighted by molar-refractivity contribution is 14.0. The van der Waals surface area contributed by atoms with Crippen LogP contribution < -0.4 is 15.5 Å². The number of pyridine rings is 1. The summed E-state index contributed by atoms with van der Waals surface area (Å²) in [5, 5.41) is 6.75. The summed E-state index contributed by atoms with van der Waals surface area (Å²) in [4.78, 5) is 13.5. The molecule has 1 atom stereocenters. The van der Waals surface area contributed by atoms with E-state index in [0.29, 0.717) is 6.04 Å². The number of guanidine groups is 1. The number of likely N-dealkylation sites (N-methyl/N-ethyl adjacent to an activating group) is 1. The van der Waals surface area contributed by atoms with Crippen molar-refractivity contribution in [3.05, 3.63) is 23.9 Å². The number of piperazine rings is 1. The predicted molar refractivity (Wildman–Crippen MR) is 112 cm³/mol. The Morgan fingerprint density at radius 3 is 2.67 bits per heavy atom. The van der Waals surface area contributed by atoms with E-state index in [1.807, 2.05) is 6.20 Å². The Morgan fingerprint density at radius 2 is 2.04 bits per heavy atom. The molecule has 7 heteroatoms. The van der Waals surface area contributed by atoms with E-state index in [9.17, 15) is 0 Å². The van der Waals surface area contributed by atoms with E-state index >= 15 is 0 Å². The van der Waals surface area contributed by atoms with Gasteiger partial charge in [0.05, 0.1) is 0 Å². The minimum Gasteiger partial charge on any atom is -0.354 e. The molecule has 2 N–H and O–H groups in total. The highest BCUT2D eigenvalue weighted by Gasteiger charge is 2.15. The largest absolute Gasteiger partial charge is 0.354 e. The van der Waals surface area contributed by atoms with Gasteiger partial charge in [-0.05, 0) is 38.1 Å². The van der Waals surface area contributed by atoms with Gasteiger partial charge in [0, 0.05) is 52.0 Å². The van der Waals surface area contributed by atoms with E-state index in [1.54, 1.807) is 7.05 Å². The molecule has 0 spiro atoms. The summed E-state index contributed by atoms with van der Waals surface area (Å²) in [6, 6.07) is 4.65. The minimum atomic E-state index is 0. The minimum absolute atomic E-state index is 0. The summed E-state index contributed by atoms with van der Waals surface area (Å²) in [6.45, 7) is 9.33. The molecule has 1 unspecified atom stereocenters. The normalized spacial score (nSPS) is 17.2. The summed E-state index contributed by atoms with van der Waals surface area (Å²) in [6.07, 6.45) is 2.97. The van der Waals surface area contributed by atoms with E-state index in [0.717, 1.165) is 50.9 Å². The maximum absolute atomic E-state index is 4.53. The lowest BCUT2D eigenvalue weighted by atomic mass is 10.2. The zero-order valence-electron chi connectivity index (χ0n) is 15.2. The first-order chi connectivity index (χ1) is 11.1. The number of aromatic nitrogens is 1. The summed E-state index contributed by atoms with van der Waals surface area (Å²) in [5.41, 5.74) is 1.22. The lowest BCUT2D eigenvalue weighted by molar-refractivity contribution is 0.312. The van der Waals surface area contributed by atoms with Crippen LogP contribution in [0, 0.1) is 0 Å². The third-order valence-electron chi connectivity index (χ3n) is 4.32. The zero-order chi connectivity index (χ0) is 16.7. The van der Waals surface area contributed by atoms with Crippen molar-refractivity contribution in [1.82, 2.24) is 20.5 Å². The number of anilines is 1. The van der Waals surface area contributed by atoms with Gasteiger partial charge in [-0.1, -0.05) is 6.92 Å². The van der Waals surface area contributed by atoms with Gasteiger partial charge in [0.2, 0.25) is 0 Å². The van der Waals surface area contributed by atoms with Crippen molar-refractivity contribution in [2.24, 2.45) is 4.99 Å². The molecule has 2 rings (SSSR count). The van der Waals surface area contributed by atoms with Crippen LogP contribution in [0.5, 0.6) is 0 Å². The van der Waals surface area contributed by atoms with Gasteiger partial charge >= 0.3 is 0 Å². The molecule has 1 aromatic rings. The van der Waals surface area contributed by atoms with E-state index in [1.165, 1.54) is 5.56 Å². The van der Waals surface area contributed by atoms with Gasteiger partial charge in [0.1, 0.15) is 5.82 Å². The number of hydrogen-bond acceptors (Lipinski definition) is 4. The fourth-order valence-electron chi connectivity index (χ4n) is 2.49. The monoisotopic (exact) mass is 446 g/mol. The fraction of sp³-hybridized carbons (Fsp3) is 0.647. The molecule has 6 nitrogen and oxygen atoms in total. The molecule has 0 radical (unpaired) electrons. The van der Waals surface area contributed by atoms with Gasteiger partial charge in [0.25, 0.3) is 0 Å². The molecular weight excluding hydrogens is 415 g/mol. The molecule has 136 valence electrons. The average Bonchev–Trinajstić information content (AvgIpc) is 2.59. The van der Waals surface area contributed by atoms with Crippen molar-refractivity contribution in [1.29, 1.82) is 0 Å². The smallest absolute Gasteiger partial charge is 0.191 e. The van der Waals surface area contributed by atoms with Gasteiger partial charge < -0.3 is 20.4 Å². The molecule has 1 fully saturated rings. The highest BCUT2D eigenvalue weighted by Crippen LogP contribution is 2.14. The summed E-state index contributed by atoms with van der Waals surface area (Å²) in [5.74, 6) is 1.92. The number of rotatable bonds is 5. The van der Waals surface area contributed by atoms with Gasteiger partial charge in [-0.25, -0.2) is 4.98 Å². The first-order valence-electron chi connectivity index (χ1n) is 8.48. The van der Waals surface area contributed by atoms with Crippen LogP contribution in [0.2, 0.25) is 0 Å². The van der Waals surface area contributed by atoms with Crippen LogP contribution >= 0.6 is 24.0 Å². The van der Waals surface area contributed by atoms with Crippen LogP contribution in [-0.2, 0) is 6.54 Å². The third-order valence-corrected chi connectivity index (χ3v) is 4.32. The SMILES string of the molecule is CCC(C)NC(=NC)NCc1ccnc(N2CCN(C)CC2)c1.I. The second kappa shape index (κ2) is 10.7. The van der Waals surface area contributed by atoms with E-state index in [4.69, 9.17) is 0 Å². The summed E-state index contributed by atoms with van der Waals surface area (Å²) in [7, 11) is 3.97. The predicted octanol–water partition coefficient (Wildman–Crippen LogP) is 1.91. The van der Waals surface area contributed by atoms with Crippen molar-refractivity contribution in [2.75, 3.05) is 45.2 Å². The molecule has 0 bridgehead atoms. The van der Waals surface area contributed by atoms with E-state index in [-0.39, 0.29) is 24.0 Å². The van der Waals surface area contributed by atoms with Crippen LogP contribution in [-0.4, -0.2) is 62.2 Å². The van der Waals surface area contributed by atoms with Crippen LogP contribution in [0.25, 0.3) is 0 Å². The van der Waals surface area contributed by atoms with Crippen LogP contribution in [0.1, 0.15) is 25.8 Å². The summed E-state index contributed by atoms with van der Waals surface area (Å²) < 4.78 is 0. The van der Waals surface area contributed by atoms with Crippen molar-refractivity contribution < 1.29 is 0 Å². The molecule has 0 aromatic carbocycles. The van der Waals surface area contributed by atoms with Crippen molar-refractivity contribution in [3.63, 3.8) is 0 Å². The van der Waals surface area contributed by atoms with E-state index < -0.39 is 0 Å². The Balaban J connectivity index is 0.00000288. The van der Waals surface area contributed by atoms with E-state index in [2.05, 4.69) is 63.4 Å². The Bertz CT molecular complexity index is 514. The second-order valence-electron chi connectivity index (χ2n) is 6.19. The standard InChI is InChI=1S/C17H30N6.HI/c1-5-14(2)21-17(18-3)20-13-15-6-7-19-16(12-15)23-10-8-22(4)9-11-23;/h6-7,12,14H,5,8-11,13H2,1-4H3,(H2,18,20,21);1H. The maximum atomic E-state index is 4.53. The van der Waals surface area contributed by atoms with Crippen molar-refractivity contribution in [3.8, 4) is 0 Å². The molecular formula is C17H31IN6. The number of aliphatic imine (C=N–C) groups is 1. The van der Waals surface area contributed by atoms with Crippen LogP contribution in [0.4, 0.5) is 5.82 Å². The zero-order valence-corrected chi connectivity index (χ0v) is 17.6. The Hall–Kier alpha value is -1.09. The molecule has 1 aliphatic heterocycles. The molecule has 1 saturated heterocycles. The van der Waals surface area contributed by atoms with Crippen molar-refractivity contribution >= 4 is 35.8 Å². The highest BCUT2D eigenvalue weighted by atomic mass is 127. The molecule has 24 heavy (non-hydrogen) atoms. The molecule has 0 saturated carbocycles.